The van der Waals surface area contributed by atoms with E-state index in [0.29, 0.717) is 19.5 Å². The van der Waals surface area contributed by atoms with Gasteiger partial charge in [-0.15, -0.1) is 0 Å². The zero-order chi connectivity index (χ0) is 15.3. The summed E-state index contributed by atoms with van der Waals surface area (Å²) >= 11 is 5.88. The van der Waals surface area contributed by atoms with Gasteiger partial charge in [0.15, 0.2) is 0 Å². The minimum atomic E-state index is -3.75. The smallest absolute Gasteiger partial charge is 0.244 e. The molecular weight excluding hydrogens is 317 g/mol. The Morgan fingerprint density at radius 2 is 2.10 bits per heavy atom. The van der Waals surface area contributed by atoms with Gasteiger partial charge >= 0.3 is 0 Å². The fourth-order valence-corrected chi connectivity index (χ4v) is 4.99. The first-order valence-corrected chi connectivity index (χ1v) is 8.82. The SMILES string of the molecule is O=S(=O)(c1ccc(F)cc1Cl)N1CCCC(C2(O)CC2)C1. The number of aliphatic hydroxyl groups is 1. The van der Waals surface area contributed by atoms with Crippen LogP contribution in [0.4, 0.5) is 4.39 Å². The Bertz CT molecular complexity index is 660. The minimum Gasteiger partial charge on any atom is -0.390 e. The van der Waals surface area contributed by atoms with Gasteiger partial charge < -0.3 is 5.11 Å². The van der Waals surface area contributed by atoms with Gasteiger partial charge in [0.25, 0.3) is 0 Å². The molecule has 0 spiro atoms. The van der Waals surface area contributed by atoms with Crippen LogP contribution in [0.25, 0.3) is 0 Å². The Labute approximate surface area is 128 Å². The summed E-state index contributed by atoms with van der Waals surface area (Å²) in [6, 6.07) is 3.29. The summed E-state index contributed by atoms with van der Waals surface area (Å²) < 4.78 is 39.7. The van der Waals surface area contributed by atoms with Gasteiger partial charge in [-0.1, -0.05) is 11.6 Å². The van der Waals surface area contributed by atoms with Gasteiger partial charge in [0.2, 0.25) is 10.0 Å². The van der Waals surface area contributed by atoms with E-state index < -0.39 is 21.4 Å². The molecule has 1 aromatic rings. The maximum absolute atomic E-state index is 13.1. The first-order chi connectivity index (χ1) is 9.83. The molecule has 0 radical (unpaired) electrons. The number of nitrogens with zero attached hydrogens (tertiary/aromatic N) is 1. The van der Waals surface area contributed by atoms with E-state index in [4.69, 9.17) is 11.6 Å². The highest BCUT2D eigenvalue weighted by Gasteiger charge is 2.49. The molecule has 1 aliphatic carbocycles. The third kappa shape index (κ3) is 2.82. The lowest BCUT2D eigenvalue weighted by molar-refractivity contribution is 0.0514. The zero-order valence-corrected chi connectivity index (χ0v) is 13.0. The van der Waals surface area contributed by atoms with Crippen molar-refractivity contribution in [2.75, 3.05) is 13.1 Å². The van der Waals surface area contributed by atoms with Crippen LogP contribution in [0.2, 0.25) is 5.02 Å². The molecular formula is C14H17ClFNO3S. The number of sulfonamides is 1. The molecule has 116 valence electrons. The molecule has 3 rings (SSSR count). The molecule has 1 heterocycles. The molecule has 7 heteroatoms. The summed E-state index contributed by atoms with van der Waals surface area (Å²) in [5.74, 6) is -0.594. The number of halogens is 2. The Balaban J connectivity index is 1.87. The molecule has 1 aliphatic heterocycles. The summed E-state index contributed by atoms with van der Waals surface area (Å²) in [7, 11) is -3.75. The van der Waals surface area contributed by atoms with Gasteiger partial charge in [0, 0.05) is 19.0 Å². The van der Waals surface area contributed by atoms with Crippen molar-refractivity contribution in [3.63, 3.8) is 0 Å². The number of piperidine rings is 1. The predicted octanol–water partition coefficient (Wildman–Crippen LogP) is 2.40. The maximum Gasteiger partial charge on any atom is 0.244 e. The van der Waals surface area contributed by atoms with E-state index >= 15 is 0 Å². The monoisotopic (exact) mass is 333 g/mol. The van der Waals surface area contributed by atoms with Crippen molar-refractivity contribution >= 4 is 21.6 Å². The Hall–Kier alpha value is -0.690. The van der Waals surface area contributed by atoms with Crippen LogP contribution >= 0.6 is 11.6 Å². The van der Waals surface area contributed by atoms with Crippen molar-refractivity contribution < 1.29 is 17.9 Å². The Kier molecular flexibility index (Phi) is 3.76. The summed E-state index contributed by atoms with van der Waals surface area (Å²) in [5.41, 5.74) is -0.694. The van der Waals surface area contributed by atoms with Crippen LogP contribution in [-0.2, 0) is 10.0 Å². The second kappa shape index (κ2) is 5.19. The number of benzene rings is 1. The highest BCUT2D eigenvalue weighted by atomic mass is 35.5. The van der Waals surface area contributed by atoms with Crippen molar-refractivity contribution in [2.24, 2.45) is 5.92 Å². The first-order valence-electron chi connectivity index (χ1n) is 7.00. The normalized spacial score (nSPS) is 25.8. The summed E-state index contributed by atoms with van der Waals surface area (Å²) in [6.07, 6.45) is 3.02. The fraction of sp³-hybridized carbons (Fsp3) is 0.571. The van der Waals surface area contributed by atoms with Crippen LogP contribution in [0.1, 0.15) is 25.7 Å². The van der Waals surface area contributed by atoms with Crippen LogP contribution in [0.3, 0.4) is 0 Å². The molecule has 1 saturated heterocycles. The molecule has 0 bridgehead atoms. The van der Waals surface area contributed by atoms with Crippen LogP contribution in [0.5, 0.6) is 0 Å². The van der Waals surface area contributed by atoms with Crippen molar-refractivity contribution in [1.82, 2.24) is 4.31 Å². The molecule has 1 saturated carbocycles. The molecule has 1 atom stereocenters. The molecule has 1 N–H and O–H groups in total. The summed E-state index contributed by atoms with van der Waals surface area (Å²) in [6.45, 7) is 0.704. The van der Waals surface area contributed by atoms with E-state index in [9.17, 15) is 17.9 Å². The Morgan fingerprint density at radius 3 is 2.71 bits per heavy atom. The molecule has 1 unspecified atom stereocenters. The molecule has 0 amide bonds. The summed E-state index contributed by atoms with van der Waals surface area (Å²) in [4.78, 5) is -0.0750. The molecule has 2 fully saturated rings. The molecule has 21 heavy (non-hydrogen) atoms. The Morgan fingerprint density at radius 1 is 1.38 bits per heavy atom. The lowest BCUT2D eigenvalue weighted by atomic mass is 9.92. The lowest BCUT2D eigenvalue weighted by Crippen LogP contribution is -2.44. The highest BCUT2D eigenvalue weighted by molar-refractivity contribution is 7.89. The molecule has 0 aromatic heterocycles. The van der Waals surface area contributed by atoms with E-state index in [-0.39, 0.29) is 15.8 Å². The average molecular weight is 334 g/mol. The van der Waals surface area contributed by atoms with Crippen molar-refractivity contribution in [2.45, 2.75) is 36.2 Å². The molecule has 4 nitrogen and oxygen atoms in total. The van der Waals surface area contributed by atoms with E-state index in [1.54, 1.807) is 0 Å². The summed E-state index contributed by atoms with van der Waals surface area (Å²) in [5, 5.41) is 10.1. The van der Waals surface area contributed by atoms with Crippen molar-refractivity contribution in [3.05, 3.63) is 29.0 Å². The van der Waals surface area contributed by atoms with Gasteiger partial charge in [-0.3, -0.25) is 0 Å². The lowest BCUT2D eigenvalue weighted by Gasteiger charge is -2.34. The van der Waals surface area contributed by atoms with E-state index in [1.165, 1.54) is 10.4 Å². The standard InChI is InChI=1S/C14H17ClFNO3S/c15-12-8-11(16)3-4-13(12)21(19,20)17-7-1-2-10(9-17)14(18)5-6-14/h3-4,8,10,18H,1-2,5-7,9H2. The molecule has 1 aromatic carbocycles. The predicted molar refractivity (Wildman–Crippen MR) is 77.1 cm³/mol. The number of hydrogen-bond donors (Lipinski definition) is 1. The van der Waals surface area contributed by atoms with Crippen LogP contribution in [0, 0.1) is 11.7 Å². The van der Waals surface area contributed by atoms with Crippen LogP contribution < -0.4 is 0 Å². The fourth-order valence-electron chi connectivity index (χ4n) is 2.96. The van der Waals surface area contributed by atoms with Gasteiger partial charge in [-0.25, -0.2) is 12.8 Å². The van der Waals surface area contributed by atoms with Gasteiger partial charge in [0.1, 0.15) is 10.7 Å². The average Bonchev–Trinajstić information content (AvgIpc) is 3.18. The van der Waals surface area contributed by atoms with Crippen LogP contribution in [0.15, 0.2) is 23.1 Å². The highest BCUT2D eigenvalue weighted by Crippen LogP contribution is 2.46. The quantitative estimate of drug-likeness (QED) is 0.924. The number of hydrogen-bond acceptors (Lipinski definition) is 3. The van der Waals surface area contributed by atoms with Gasteiger partial charge in [-0.05, 0) is 43.9 Å². The molecule has 2 aliphatic rings. The number of rotatable bonds is 3. The zero-order valence-electron chi connectivity index (χ0n) is 11.4. The van der Waals surface area contributed by atoms with Gasteiger partial charge in [-0.2, -0.15) is 4.31 Å². The van der Waals surface area contributed by atoms with Crippen LogP contribution in [-0.4, -0.2) is 36.5 Å². The third-order valence-electron chi connectivity index (χ3n) is 4.42. The van der Waals surface area contributed by atoms with E-state index in [1.807, 2.05) is 0 Å². The topological polar surface area (TPSA) is 57.6 Å². The minimum absolute atomic E-state index is 0.0275. The van der Waals surface area contributed by atoms with E-state index in [0.717, 1.165) is 31.4 Å². The third-order valence-corrected chi connectivity index (χ3v) is 6.77. The van der Waals surface area contributed by atoms with Gasteiger partial charge in [0.05, 0.1) is 10.6 Å². The first kappa shape index (κ1) is 15.2. The largest absolute Gasteiger partial charge is 0.390 e. The second-order valence-corrected chi connectivity index (χ2v) is 8.19. The maximum atomic E-state index is 13.1. The second-order valence-electron chi connectivity index (χ2n) is 5.88. The van der Waals surface area contributed by atoms with Crippen molar-refractivity contribution in [1.29, 1.82) is 0 Å². The van der Waals surface area contributed by atoms with E-state index in [2.05, 4.69) is 0 Å². The van der Waals surface area contributed by atoms with Crippen molar-refractivity contribution in [3.8, 4) is 0 Å².